The number of hydrogen-bond acceptors (Lipinski definition) is 4. The minimum atomic E-state index is -0.755. The van der Waals surface area contributed by atoms with E-state index in [1.165, 1.54) is 16.3 Å². The molecule has 24 heavy (non-hydrogen) atoms. The Hall–Kier alpha value is -1.46. The first-order valence-electron chi connectivity index (χ1n) is 8.86. The van der Waals surface area contributed by atoms with Crippen LogP contribution in [0.2, 0.25) is 0 Å². The Morgan fingerprint density at radius 3 is 2.58 bits per heavy atom. The van der Waals surface area contributed by atoms with E-state index in [-0.39, 0.29) is 0 Å². The molecule has 4 nitrogen and oxygen atoms in total. The predicted octanol–water partition coefficient (Wildman–Crippen LogP) is 2.32. The third-order valence-corrected chi connectivity index (χ3v) is 5.63. The summed E-state index contributed by atoms with van der Waals surface area (Å²) in [5.74, 6) is 0. The number of ether oxygens (including phenoxy) is 1. The molecule has 2 N–H and O–H groups in total. The lowest BCUT2D eigenvalue weighted by Crippen LogP contribution is -2.59. The van der Waals surface area contributed by atoms with Crippen LogP contribution in [-0.2, 0) is 11.3 Å². The first-order chi connectivity index (χ1) is 11.7. The largest absolute Gasteiger partial charge is 0.390 e. The molecule has 1 spiro atoms. The molecule has 2 saturated heterocycles. The number of rotatable bonds is 2. The molecule has 0 bridgehead atoms. The average Bonchev–Trinajstić information content (AvgIpc) is 2.61. The van der Waals surface area contributed by atoms with Gasteiger partial charge in [0.15, 0.2) is 0 Å². The summed E-state index contributed by atoms with van der Waals surface area (Å²) in [6.45, 7) is 3.23. The maximum Gasteiger partial charge on any atom is 0.109 e. The van der Waals surface area contributed by atoms with E-state index in [1.807, 2.05) is 0 Å². The zero-order valence-electron chi connectivity index (χ0n) is 13.9. The zero-order chi connectivity index (χ0) is 16.6. The number of benzene rings is 2. The van der Waals surface area contributed by atoms with E-state index in [9.17, 15) is 10.2 Å². The summed E-state index contributed by atoms with van der Waals surface area (Å²) in [7, 11) is 0. The number of aliphatic hydroxyl groups excluding tert-OH is 2. The number of hydrogen-bond donors (Lipinski definition) is 2. The Morgan fingerprint density at radius 2 is 1.79 bits per heavy atom. The molecule has 2 aromatic carbocycles. The maximum absolute atomic E-state index is 10.4. The van der Waals surface area contributed by atoms with E-state index in [0.29, 0.717) is 13.0 Å². The van der Waals surface area contributed by atoms with Crippen molar-refractivity contribution < 1.29 is 14.9 Å². The lowest BCUT2D eigenvalue weighted by molar-refractivity contribution is -0.214. The van der Waals surface area contributed by atoms with E-state index in [4.69, 9.17) is 4.74 Å². The first kappa shape index (κ1) is 16.0. The SMILES string of the molecule is O[C@H]1CCOC2(CCN(Cc3ccc4ccccc4c3)CC2)[C@H]1O. The summed E-state index contributed by atoms with van der Waals surface area (Å²) in [5.41, 5.74) is 0.771. The third kappa shape index (κ3) is 2.95. The second kappa shape index (κ2) is 6.45. The second-order valence-corrected chi connectivity index (χ2v) is 7.17. The number of piperidine rings is 1. The van der Waals surface area contributed by atoms with E-state index in [1.54, 1.807) is 0 Å². The van der Waals surface area contributed by atoms with Crippen LogP contribution in [0.15, 0.2) is 42.5 Å². The summed E-state index contributed by atoms with van der Waals surface area (Å²) >= 11 is 0. The molecule has 0 radical (unpaired) electrons. The zero-order valence-corrected chi connectivity index (χ0v) is 13.9. The number of fused-ring (bicyclic) bond motifs is 1. The van der Waals surface area contributed by atoms with Crippen molar-refractivity contribution in [1.82, 2.24) is 4.90 Å². The summed E-state index contributed by atoms with van der Waals surface area (Å²) < 4.78 is 5.91. The highest BCUT2D eigenvalue weighted by molar-refractivity contribution is 5.82. The van der Waals surface area contributed by atoms with Crippen LogP contribution in [0.4, 0.5) is 0 Å². The number of aliphatic hydroxyl groups is 2. The van der Waals surface area contributed by atoms with Crippen molar-refractivity contribution in [3.05, 3.63) is 48.0 Å². The Labute approximate surface area is 142 Å². The van der Waals surface area contributed by atoms with Gasteiger partial charge in [-0.2, -0.15) is 0 Å². The van der Waals surface area contributed by atoms with E-state index in [0.717, 1.165) is 32.5 Å². The first-order valence-corrected chi connectivity index (χ1v) is 8.86. The Morgan fingerprint density at radius 1 is 1.04 bits per heavy atom. The fraction of sp³-hybridized carbons (Fsp3) is 0.500. The molecule has 2 aromatic rings. The van der Waals surface area contributed by atoms with Crippen LogP contribution in [0.25, 0.3) is 10.8 Å². The van der Waals surface area contributed by atoms with E-state index < -0.39 is 17.8 Å². The van der Waals surface area contributed by atoms with Gasteiger partial charge in [0.25, 0.3) is 0 Å². The standard InChI is InChI=1S/C20H25NO3/c22-18-7-12-24-20(19(18)23)8-10-21(11-9-20)14-15-5-6-16-3-1-2-4-17(16)13-15/h1-6,13,18-19,22-23H,7-12,14H2/t18-,19-/m0/s1. The third-order valence-electron chi connectivity index (χ3n) is 5.63. The monoisotopic (exact) mass is 327 g/mol. The van der Waals surface area contributed by atoms with Crippen LogP contribution in [0.1, 0.15) is 24.8 Å². The summed E-state index contributed by atoms with van der Waals surface area (Å²) in [4.78, 5) is 2.41. The molecule has 0 aliphatic carbocycles. The van der Waals surface area contributed by atoms with Gasteiger partial charge in [-0.25, -0.2) is 0 Å². The summed E-state index contributed by atoms with van der Waals surface area (Å²) in [5, 5.41) is 22.9. The molecule has 4 rings (SSSR count). The van der Waals surface area contributed by atoms with Gasteiger partial charge in [-0.3, -0.25) is 4.90 Å². The average molecular weight is 327 g/mol. The Balaban J connectivity index is 1.42. The fourth-order valence-corrected chi connectivity index (χ4v) is 4.10. The van der Waals surface area contributed by atoms with Crippen LogP contribution < -0.4 is 0 Å². The Bertz CT molecular complexity index is 709. The van der Waals surface area contributed by atoms with Gasteiger partial charge >= 0.3 is 0 Å². The molecule has 0 unspecified atom stereocenters. The van der Waals surface area contributed by atoms with E-state index >= 15 is 0 Å². The van der Waals surface area contributed by atoms with E-state index in [2.05, 4.69) is 47.4 Å². The van der Waals surface area contributed by atoms with Crippen LogP contribution in [0.5, 0.6) is 0 Å². The van der Waals surface area contributed by atoms with Crippen molar-refractivity contribution >= 4 is 10.8 Å². The highest BCUT2D eigenvalue weighted by Gasteiger charge is 2.47. The van der Waals surface area contributed by atoms with Crippen molar-refractivity contribution in [2.24, 2.45) is 0 Å². The van der Waals surface area contributed by atoms with Gasteiger partial charge in [-0.1, -0.05) is 36.4 Å². The molecule has 2 aliphatic rings. The van der Waals surface area contributed by atoms with Gasteiger partial charge in [-0.15, -0.1) is 0 Å². The van der Waals surface area contributed by atoms with Crippen LogP contribution in [-0.4, -0.2) is 52.6 Å². The normalized spacial score (nSPS) is 27.6. The van der Waals surface area contributed by atoms with Crippen LogP contribution in [0, 0.1) is 0 Å². The second-order valence-electron chi connectivity index (χ2n) is 7.17. The summed E-state index contributed by atoms with van der Waals surface area (Å²) in [6.07, 6.45) is 0.682. The molecule has 2 heterocycles. The smallest absolute Gasteiger partial charge is 0.109 e. The predicted molar refractivity (Wildman–Crippen MR) is 93.8 cm³/mol. The van der Waals surface area contributed by atoms with Crippen molar-refractivity contribution in [3.63, 3.8) is 0 Å². The minimum Gasteiger partial charge on any atom is -0.390 e. The van der Waals surface area contributed by atoms with Gasteiger partial charge < -0.3 is 14.9 Å². The quantitative estimate of drug-likeness (QED) is 0.889. The molecule has 0 aromatic heterocycles. The molecular weight excluding hydrogens is 302 g/mol. The minimum absolute atomic E-state index is 0.531. The molecule has 2 atom stereocenters. The maximum atomic E-state index is 10.4. The molecule has 2 fully saturated rings. The number of nitrogens with zero attached hydrogens (tertiary/aromatic N) is 1. The van der Waals surface area contributed by atoms with Gasteiger partial charge in [-0.05, 0) is 41.7 Å². The lowest BCUT2D eigenvalue weighted by Gasteiger charge is -2.48. The molecule has 2 aliphatic heterocycles. The van der Waals surface area contributed by atoms with Gasteiger partial charge in [0.1, 0.15) is 6.10 Å². The number of likely N-dealkylation sites (tertiary alicyclic amines) is 1. The molecule has 0 amide bonds. The lowest BCUT2D eigenvalue weighted by atomic mass is 9.80. The van der Waals surface area contributed by atoms with Crippen LogP contribution in [0.3, 0.4) is 0 Å². The highest BCUT2D eigenvalue weighted by atomic mass is 16.5. The molecular formula is C20H25NO3. The van der Waals surface area contributed by atoms with Crippen LogP contribution >= 0.6 is 0 Å². The summed E-state index contributed by atoms with van der Waals surface area (Å²) in [6, 6.07) is 15.1. The fourth-order valence-electron chi connectivity index (χ4n) is 4.10. The van der Waals surface area contributed by atoms with Crippen molar-refractivity contribution in [2.45, 2.75) is 43.6 Å². The topological polar surface area (TPSA) is 52.9 Å². The molecule has 0 saturated carbocycles. The van der Waals surface area contributed by atoms with Gasteiger partial charge in [0.2, 0.25) is 0 Å². The van der Waals surface area contributed by atoms with Gasteiger partial charge in [0, 0.05) is 19.6 Å². The molecule has 4 heteroatoms. The Kier molecular flexibility index (Phi) is 4.31. The van der Waals surface area contributed by atoms with Crippen molar-refractivity contribution in [1.29, 1.82) is 0 Å². The van der Waals surface area contributed by atoms with Crippen molar-refractivity contribution in [3.8, 4) is 0 Å². The van der Waals surface area contributed by atoms with Gasteiger partial charge in [0.05, 0.1) is 18.3 Å². The van der Waals surface area contributed by atoms with Crippen molar-refractivity contribution in [2.75, 3.05) is 19.7 Å². The highest BCUT2D eigenvalue weighted by Crippen LogP contribution is 2.35. The molecule has 128 valence electrons.